The molecular formula is C20H20F3N5O2. The molecule has 0 amide bonds. The number of hydrogen-bond donors (Lipinski definition) is 1. The second-order valence-electron chi connectivity index (χ2n) is 7.57. The summed E-state index contributed by atoms with van der Waals surface area (Å²) in [6.07, 6.45) is -1.11. The lowest BCUT2D eigenvalue weighted by atomic mass is 10.0. The van der Waals surface area contributed by atoms with Crippen LogP contribution in [0.4, 0.5) is 19.0 Å². The highest BCUT2D eigenvalue weighted by Gasteiger charge is 2.47. The zero-order valence-corrected chi connectivity index (χ0v) is 15.9. The summed E-state index contributed by atoms with van der Waals surface area (Å²) in [4.78, 5) is 6.45. The molecule has 158 valence electrons. The van der Waals surface area contributed by atoms with Crippen molar-refractivity contribution in [1.29, 1.82) is 0 Å². The van der Waals surface area contributed by atoms with E-state index in [-0.39, 0.29) is 18.1 Å². The number of fused-ring (bicyclic) bond motifs is 2. The van der Waals surface area contributed by atoms with Crippen LogP contribution in [0.5, 0.6) is 5.75 Å². The second-order valence-corrected chi connectivity index (χ2v) is 7.57. The summed E-state index contributed by atoms with van der Waals surface area (Å²) in [6.45, 7) is 1.41. The monoisotopic (exact) mass is 419 g/mol. The lowest BCUT2D eigenvalue weighted by Crippen LogP contribution is -2.29. The van der Waals surface area contributed by atoms with Crippen molar-refractivity contribution in [3.8, 4) is 17.0 Å². The molecule has 2 N–H and O–H groups in total. The molecule has 2 aromatic heterocycles. The van der Waals surface area contributed by atoms with Crippen molar-refractivity contribution in [1.82, 2.24) is 14.6 Å². The van der Waals surface area contributed by atoms with Gasteiger partial charge in [0, 0.05) is 12.1 Å². The largest absolute Gasteiger partial charge is 0.573 e. The van der Waals surface area contributed by atoms with Gasteiger partial charge in [-0.3, -0.25) is 0 Å². The van der Waals surface area contributed by atoms with Crippen LogP contribution in [0, 0.1) is 5.92 Å². The van der Waals surface area contributed by atoms with Crippen LogP contribution in [0.1, 0.15) is 12.8 Å². The zero-order chi connectivity index (χ0) is 20.9. The van der Waals surface area contributed by atoms with Gasteiger partial charge in [0.25, 0.3) is 0 Å². The van der Waals surface area contributed by atoms with Crippen molar-refractivity contribution < 1.29 is 22.6 Å². The van der Waals surface area contributed by atoms with Crippen molar-refractivity contribution >= 4 is 11.5 Å². The summed E-state index contributed by atoms with van der Waals surface area (Å²) in [5.74, 6) is 0.865. The molecule has 0 aliphatic carbocycles. The Hall–Kier alpha value is -2.85. The maximum atomic E-state index is 12.6. The lowest BCUT2D eigenvalue weighted by molar-refractivity contribution is -0.274. The van der Waals surface area contributed by atoms with Gasteiger partial charge in [-0.1, -0.05) is 12.1 Å². The molecule has 5 rings (SSSR count). The van der Waals surface area contributed by atoms with Crippen LogP contribution < -0.4 is 15.4 Å². The first-order valence-electron chi connectivity index (χ1n) is 9.74. The van der Waals surface area contributed by atoms with E-state index < -0.39 is 6.36 Å². The molecular weight excluding hydrogens is 399 g/mol. The van der Waals surface area contributed by atoms with Gasteiger partial charge in [0.05, 0.1) is 11.9 Å². The number of benzene rings is 1. The van der Waals surface area contributed by atoms with Gasteiger partial charge in [-0.05, 0) is 49.6 Å². The molecule has 2 aliphatic heterocycles. The topological polar surface area (TPSA) is 81.2 Å². The highest BCUT2D eigenvalue weighted by Crippen LogP contribution is 2.38. The third-order valence-electron chi connectivity index (χ3n) is 5.55. The number of halogens is 3. The summed E-state index contributed by atoms with van der Waals surface area (Å²) in [7, 11) is 0. The fourth-order valence-electron chi connectivity index (χ4n) is 4.00. The molecule has 3 unspecified atom stereocenters. The molecule has 3 aromatic rings. The number of alkyl halides is 3. The highest BCUT2D eigenvalue weighted by molar-refractivity contribution is 5.65. The Morgan fingerprint density at radius 1 is 1.23 bits per heavy atom. The minimum Gasteiger partial charge on any atom is -0.406 e. The van der Waals surface area contributed by atoms with Crippen LogP contribution in [0.2, 0.25) is 0 Å². The number of hydrogen-bond acceptors (Lipinski definition) is 6. The summed E-state index contributed by atoms with van der Waals surface area (Å²) in [5, 5.41) is 4.71. The van der Waals surface area contributed by atoms with E-state index in [9.17, 15) is 13.2 Å². The molecule has 0 bridgehead atoms. The van der Waals surface area contributed by atoms with Gasteiger partial charge in [-0.2, -0.15) is 0 Å². The standard InChI is InChI=1S/C20H20F3N5O2/c21-20(22,23)30-14-3-1-2-13(9-14)15-11-25-17-4-5-18(26-28(15)17)27-7-6-12(10-24)8-16-19(27)29-16/h1-5,9,11-12,16,19H,6-8,10,24H2. The number of ether oxygens (including phenoxy) is 2. The number of rotatable bonds is 4. The first-order chi connectivity index (χ1) is 14.4. The van der Waals surface area contributed by atoms with E-state index in [4.69, 9.17) is 15.6 Å². The third kappa shape index (κ3) is 3.68. The fourth-order valence-corrected chi connectivity index (χ4v) is 4.00. The Bertz CT molecular complexity index is 1070. The molecule has 4 heterocycles. The number of anilines is 1. The van der Waals surface area contributed by atoms with Crippen LogP contribution in [0.3, 0.4) is 0 Å². The Balaban J connectivity index is 1.48. The van der Waals surface area contributed by atoms with Crippen molar-refractivity contribution in [3.63, 3.8) is 0 Å². The van der Waals surface area contributed by atoms with Crippen molar-refractivity contribution in [2.75, 3.05) is 18.0 Å². The van der Waals surface area contributed by atoms with E-state index >= 15 is 0 Å². The van der Waals surface area contributed by atoms with E-state index in [0.29, 0.717) is 29.4 Å². The predicted molar refractivity (Wildman–Crippen MR) is 103 cm³/mol. The van der Waals surface area contributed by atoms with Crippen molar-refractivity contribution in [3.05, 3.63) is 42.6 Å². The lowest BCUT2D eigenvalue weighted by Gasteiger charge is -2.21. The van der Waals surface area contributed by atoms with Gasteiger partial charge in [0.15, 0.2) is 17.7 Å². The minimum atomic E-state index is -4.75. The molecule has 10 heteroatoms. The summed E-state index contributed by atoms with van der Waals surface area (Å²) < 4.78 is 49.2. The Morgan fingerprint density at radius 3 is 2.90 bits per heavy atom. The van der Waals surface area contributed by atoms with Gasteiger partial charge >= 0.3 is 6.36 Å². The number of aromatic nitrogens is 3. The van der Waals surface area contributed by atoms with Gasteiger partial charge < -0.3 is 20.1 Å². The molecule has 0 radical (unpaired) electrons. The van der Waals surface area contributed by atoms with E-state index in [2.05, 4.69) is 14.6 Å². The Kier molecular flexibility index (Phi) is 4.55. The van der Waals surface area contributed by atoms with Gasteiger partial charge in [-0.15, -0.1) is 18.3 Å². The molecule has 1 aromatic carbocycles. The van der Waals surface area contributed by atoms with Gasteiger partial charge in [-0.25, -0.2) is 9.50 Å². The summed E-state index contributed by atoms with van der Waals surface area (Å²) in [6, 6.07) is 9.50. The van der Waals surface area contributed by atoms with Gasteiger partial charge in [0.2, 0.25) is 0 Å². The van der Waals surface area contributed by atoms with Crippen molar-refractivity contribution in [2.45, 2.75) is 31.5 Å². The first kappa shape index (κ1) is 19.1. The normalized spacial score (nSPS) is 23.9. The van der Waals surface area contributed by atoms with E-state index in [0.717, 1.165) is 25.2 Å². The molecule has 3 atom stereocenters. The number of nitrogens with two attached hydrogens (primary N) is 1. The van der Waals surface area contributed by atoms with E-state index in [1.54, 1.807) is 16.8 Å². The Labute approximate surface area is 170 Å². The van der Waals surface area contributed by atoms with Crippen LogP contribution >= 0.6 is 0 Å². The molecule has 2 fully saturated rings. The molecule has 30 heavy (non-hydrogen) atoms. The quantitative estimate of drug-likeness (QED) is 0.654. The average Bonchev–Trinajstić information content (AvgIpc) is 3.36. The fraction of sp³-hybridized carbons (Fsp3) is 0.400. The van der Waals surface area contributed by atoms with E-state index in [1.807, 2.05) is 12.1 Å². The molecule has 0 saturated carbocycles. The maximum absolute atomic E-state index is 12.6. The summed E-state index contributed by atoms with van der Waals surface area (Å²) >= 11 is 0. The van der Waals surface area contributed by atoms with E-state index in [1.165, 1.54) is 18.2 Å². The molecule has 0 spiro atoms. The van der Waals surface area contributed by atoms with Crippen LogP contribution in [-0.4, -0.2) is 46.4 Å². The SMILES string of the molecule is NCC1CCN(c2ccc3ncc(-c4cccc(OC(F)(F)F)c4)n3n2)C2OC2C1. The number of imidazole rings is 1. The zero-order valence-electron chi connectivity index (χ0n) is 15.9. The second kappa shape index (κ2) is 7.13. The molecule has 2 aliphatic rings. The first-order valence-corrected chi connectivity index (χ1v) is 9.74. The summed E-state index contributed by atoms with van der Waals surface area (Å²) in [5.41, 5.74) is 7.54. The third-order valence-corrected chi connectivity index (χ3v) is 5.55. The average molecular weight is 419 g/mol. The number of nitrogens with zero attached hydrogens (tertiary/aromatic N) is 4. The minimum absolute atomic E-state index is 0.0121. The molecule has 2 saturated heterocycles. The molecule has 7 nitrogen and oxygen atoms in total. The van der Waals surface area contributed by atoms with Crippen molar-refractivity contribution in [2.24, 2.45) is 11.7 Å². The highest BCUT2D eigenvalue weighted by atomic mass is 19.4. The van der Waals surface area contributed by atoms with Crippen LogP contribution in [0.25, 0.3) is 16.9 Å². The van der Waals surface area contributed by atoms with Crippen LogP contribution in [0.15, 0.2) is 42.6 Å². The van der Waals surface area contributed by atoms with Gasteiger partial charge in [0.1, 0.15) is 11.9 Å². The maximum Gasteiger partial charge on any atom is 0.573 e. The number of epoxide rings is 1. The smallest absolute Gasteiger partial charge is 0.406 e. The predicted octanol–water partition coefficient (Wildman–Crippen LogP) is 3.19. The van der Waals surface area contributed by atoms with Crippen LogP contribution in [-0.2, 0) is 4.74 Å². The Morgan fingerprint density at radius 2 is 2.10 bits per heavy atom.